The number of rotatable bonds is 8. The van der Waals surface area contributed by atoms with Crippen molar-refractivity contribution < 1.29 is 9.84 Å². The van der Waals surface area contributed by atoms with Crippen molar-refractivity contribution >= 4 is 40.3 Å². The molecule has 2 heterocycles. The number of anilines is 1. The third kappa shape index (κ3) is 4.33. The van der Waals surface area contributed by atoms with Gasteiger partial charge in [0.1, 0.15) is 18.5 Å². The molecule has 0 aliphatic carbocycles. The van der Waals surface area contributed by atoms with E-state index in [1.54, 1.807) is 22.8 Å². The lowest BCUT2D eigenvalue weighted by Gasteiger charge is -2.22. The van der Waals surface area contributed by atoms with Crippen molar-refractivity contribution in [3.63, 3.8) is 0 Å². The van der Waals surface area contributed by atoms with E-state index >= 15 is 0 Å². The van der Waals surface area contributed by atoms with Gasteiger partial charge in [-0.3, -0.25) is 14.3 Å². The van der Waals surface area contributed by atoms with Gasteiger partial charge >= 0.3 is 5.69 Å². The third-order valence-corrected chi connectivity index (χ3v) is 5.28. The number of fused-ring (bicyclic) bond motifs is 1. The quantitative estimate of drug-likeness (QED) is 0.538. The van der Waals surface area contributed by atoms with Gasteiger partial charge in [0.25, 0.3) is 5.56 Å². The van der Waals surface area contributed by atoms with Gasteiger partial charge in [-0.05, 0) is 32.0 Å². The van der Waals surface area contributed by atoms with E-state index in [4.69, 9.17) is 27.9 Å². The van der Waals surface area contributed by atoms with E-state index in [2.05, 4.69) is 9.97 Å². The highest BCUT2D eigenvalue weighted by Crippen LogP contribution is 2.28. The highest BCUT2D eigenvalue weighted by Gasteiger charge is 2.22. The van der Waals surface area contributed by atoms with Gasteiger partial charge in [0.15, 0.2) is 11.2 Å². The lowest BCUT2D eigenvalue weighted by atomic mass is 10.3. The summed E-state index contributed by atoms with van der Waals surface area (Å²) in [7, 11) is 1.53. The predicted molar refractivity (Wildman–Crippen MR) is 117 cm³/mol. The van der Waals surface area contributed by atoms with Crippen LogP contribution in [0.3, 0.4) is 0 Å². The summed E-state index contributed by atoms with van der Waals surface area (Å²) in [6.07, 6.45) is -0.972. The molecule has 0 saturated carbocycles. The summed E-state index contributed by atoms with van der Waals surface area (Å²) in [4.78, 5) is 33.2. The zero-order valence-corrected chi connectivity index (χ0v) is 18.4. The van der Waals surface area contributed by atoms with E-state index < -0.39 is 17.4 Å². The highest BCUT2D eigenvalue weighted by molar-refractivity contribution is 6.35. The van der Waals surface area contributed by atoms with Gasteiger partial charge in [-0.1, -0.05) is 23.2 Å². The summed E-state index contributed by atoms with van der Waals surface area (Å²) < 4.78 is 8.50. The van der Waals surface area contributed by atoms with Crippen LogP contribution in [0.25, 0.3) is 11.2 Å². The van der Waals surface area contributed by atoms with E-state index in [-0.39, 0.29) is 24.3 Å². The number of aryl methyl sites for hydroxylation is 1. The topological polar surface area (TPSA) is 105 Å². The first-order valence-corrected chi connectivity index (χ1v) is 10.2. The summed E-state index contributed by atoms with van der Waals surface area (Å²) in [5.74, 6) is 0.880. The fourth-order valence-electron chi connectivity index (χ4n) is 3.19. The Hall–Kier alpha value is -2.49. The van der Waals surface area contributed by atoms with E-state index in [1.807, 2.05) is 18.7 Å². The molecule has 1 unspecified atom stereocenters. The maximum absolute atomic E-state index is 12.5. The van der Waals surface area contributed by atoms with E-state index in [1.165, 1.54) is 11.6 Å². The van der Waals surface area contributed by atoms with Crippen LogP contribution in [0.5, 0.6) is 5.75 Å². The maximum atomic E-state index is 12.5. The first-order valence-electron chi connectivity index (χ1n) is 9.47. The molecule has 0 saturated heterocycles. The summed E-state index contributed by atoms with van der Waals surface area (Å²) in [6.45, 7) is 5.16. The van der Waals surface area contributed by atoms with Crippen molar-refractivity contribution in [3.8, 4) is 5.75 Å². The second-order valence-corrected chi connectivity index (χ2v) is 7.57. The van der Waals surface area contributed by atoms with Crippen LogP contribution in [0.2, 0.25) is 10.0 Å². The zero-order chi connectivity index (χ0) is 22.0. The van der Waals surface area contributed by atoms with Crippen molar-refractivity contribution in [2.45, 2.75) is 26.5 Å². The van der Waals surface area contributed by atoms with Crippen LogP contribution in [-0.2, 0) is 13.6 Å². The van der Waals surface area contributed by atoms with Crippen LogP contribution in [0.1, 0.15) is 13.8 Å². The molecule has 9 nitrogen and oxygen atoms in total. The molecule has 30 heavy (non-hydrogen) atoms. The van der Waals surface area contributed by atoms with Gasteiger partial charge in [0.05, 0.1) is 11.6 Å². The average Bonchev–Trinajstić information content (AvgIpc) is 3.06. The molecule has 1 aromatic carbocycles. The van der Waals surface area contributed by atoms with Gasteiger partial charge in [-0.15, -0.1) is 0 Å². The SMILES string of the molecule is CCN(CC)c1nc2c(c(=O)[nH]c(=O)n2C)n1CC(O)COc1ccc(Cl)cc1Cl. The van der Waals surface area contributed by atoms with E-state index in [0.29, 0.717) is 34.8 Å². The van der Waals surface area contributed by atoms with Crippen LogP contribution in [0, 0.1) is 0 Å². The van der Waals surface area contributed by atoms with Crippen molar-refractivity contribution in [1.82, 2.24) is 19.1 Å². The molecule has 0 amide bonds. The van der Waals surface area contributed by atoms with Crippen LogP contribution >= 0.6 is 23.2 Å². The van der Waals surface area contributed by atoms with Gasteiger partial charge in [-0.2, -0.15) is 4.98 Å². The number of aliphatic hydroxyl groups is 1. The average molecular weight is 456 g/mol. The number of hydrogen-bond acceptors (Lipinski definition) is 6. The molecule has 11 heteroatoms. The van der Waals surface area contributed by atoms with Crippen molar-refractivity contribution in [3.05, 3.63) is 49.1 Å². The Morgan fingerprint density at radius 2 is 1.97 bits per heavy atom. The number of nitrogens with zero attached hydrogens (tertiary/aromatic N) is 4. The molecule has 2 N–H and O–H groups in total. The lowest BCUT2D eigenvalue weighted by molar-refractivity contribution is 0.0937. The number of H-pyrrole nitrogens is 1. The Morgan fingerprint density at radius 1 is 1.27 bits per heavy atom. The molecular weight excluding hydrogens is 433 g/mol. The van der Waals surface area contributed by atoms with Gasteiger partial charge < -0.3 is 19.3 Å². The van der Waals surface area contributed by atoms with Crippen LogP contribution in [0.15, 0.2) is 27.8 Å². The molecule has 0 radical (unpaired) electrons. The monoisotopic (exact) mass is 455 g/mol. The fraction of sp³-hybridized carbons (Fsp3) is 0.421. The summed E-state index contributed by atoms with van der Waals surface area (Å²) >= 11 is 12.0. The normalized spacial score (nSPS) is 12.3. The first-order chi connectivity index (χ1) is 14.3. The minimum Gasteiger partial charge on any atom is -0.489 e. The molecular formula is C19H23Cl2N5O4. The predicted octanol–water partition coefficient (Wildman–Crippen LogP) is 2.02. The molecule has 0 spiro atoms. The number of imidazole rings is 1. The number of nitrogens with one attached hydrogen (secondary N) is 1. The molecule has 1 atom stereocenters. The molecule has 0 fully saturated rings. The highest BCUT2D eigenvalue weighted by atomic mass is 35.5. The smallest absolute Gasteiger partial charge is 0.329 e. The summed E-state index contributed by atoms with van der Waals surface area (Å²) in [6, 6.07) is 4.80. The number of aromatic nitrogens is 4. The Labute approximate surface area is 182 Å². The molecule has 3 aromatic rings. The Kier molecular flexibility index (Phi) is 6.74. The molecule has 0 aliphatic heterocycles. The second-order valence-electron chi connectivity index (χ2n) is 6.72. The molecule has 0 aliphatic rings. The largest absolute Gasteiger partial charge is 0.489 e. The summed E-state index contributed by atoms with van der Waals surface area (Å²) in [5.41, 5.74) is -0.653. The molecule has 0 bridgehead atoms. The minimum absolute atomic E-state index is 0.0365. The zero-order valence-electron chi connectivity index (χ0n) is 16.9. The summed E-state index contributed by atoms with van der Waals surface area (Å²) in [5, 5.41) is 11.4. The van der Waals surface area contributed by atoms with Gasteiger partial charge in [-0.25, -0.2) is 4.79 Å². The third-order valence-electron chi connectivity index (χ3n) is 4.75. The number of aromatic amines is 1. The molecule has 3 rings (SSSR count). The molecule has 162 valence electrons. The first kappa shape index (κ1) is 22.2. The standard InChI is InChI=1S/C19H23Cl2N5O4/c1-4-25(5-2)18-22-16-15(17(28)23-19(29)24(16)3)26(18)9-12(27)10-30-14-7-6-11(20)8-13(14)21/h6-8,12,27H,4-5,9-10H2,1-3H3,(H,23,28,29). The Balaban J connectivity index is 1.95. The van der Waals surface area contributed by atoms with Crippen LogP contribution < -0.4 is 20.9 Å². The Bertz CT molecular complexity index is 1170. The van der Waals surface area contributed by atoms with Crippen molar-refractivity contribution in [1.29, 1.82) is 0 Å². The van der Waals surface area contributed by atoms with Crippen LogP contribution in [0.4, 0.5) is 5.95 Å². The fourth-order valence-corrected chi connectivity index (χ4v) is 3.65. The number of benzene rings is 1. The van der Waals surface area contributed by atoms with E-state index in [0.717, 1.165) is 0 Å². The second kappa shape index (κ2) is 9.11. The number of aliphatic hydroxyl groups excluding tert-OH is 1. The lowest BCUT2D eigenvalue weighted by Crippen LogP contribution is -2.32. The minimum atomic E-state index is -0.972. The van der Waals surface area contributed by atoms with Crippen molar-refractivity contribution in [2.75, 3.05) is 24.6 Å². The number of halogens is 2. The number of hydrogen-bond donors (Lipinski definition) is 2. The molecule has 2 aromatic heterocycles. The van der Waals surface area contributed by atoms with Gasteiger partial charge in [0, 0.05) is 25.2 Å². The van der Waals surface area contributed by atoms with Gasteiger partial charge in [0.2, 0.25) is 5.95 Å². The van der Waals surface area contributed by atoms with E-state index in [9.17, 15) is 14.7 Å². The Morgan fingerprint density at radius 3 is 2.60 bits per heavy atom. The van der Waals surface area contributed by atoms with Crippen LogP contribution in [-0.4, -0.2) is 50.0 Å². The number of ether oxygens (including phenoxy) is 1. The maximum Gasteiger partial charge on any atom is 0.329 e. The van der Waals surface area contributed by atoms with Crippen molar-refractivity contribution in [2.24, 2.45) is 7.05 Å².